The number of carbonyl (C=O) groups is 1. The fourth-order valence-electron chi connectivity index (χ4n) is 8.09. The van der Waals surface area contributed by atoms with Crippen molar-refractivity contribution < 1.29 is 61.0 Å². The second kappa shape index (κ2) is 21.0. The summed E-state index contributed by atoms with van der Waals surface area (Å²) in [6.45, 7) is 0.586. The molecule has 0 spiro atoms. The highest BCUT2D eigenvalue weighted by Gasteiger charge is 2.57. The summed E-state index contributed by atoms with van der Waals surface area (Å²) in [6, 6.07) is 16.4. The molecule has 7 heterocycles. The second-order valence-corrected chi connectivity index (χ2v) is 19.5. The molecule has 70 heavy (non-hydrogen) atoms. The first-order valence-electron chi connectivity index (χ1n) is 21.3. The quantitative estimate of drug-likeness (QED) is 0.0243. The Hall–Kier alpha value is -6.27. The number of anilines is 1. The maximum atomic E-state index is 16.5. The van der Waals surface area contributed by atoms with Crippen LogP contribution in [0.2, 0.25) is 0 Å². The van der Waals surface area contributed by atoms with Gasteiger partial charge < -0.3 is 24.6 Å². The van der Waals surface area contributed by atoms with E-state index >= 15 is 4.39 Å². The standard InChI is InChI=1S/C41H39FN12O13P2S/c1-23-32(27(18-55)64-39(23)53-22-48-31-37(50-41-44-14-15-51(41)38(31)53)61-17-12-24-8-10-26(11-9-24)54(57)58)67-69(70,62-16-5-13-43)63-19-28-33(66-68(59)60)29(42)40(65-28)52-21-47-30-34(45-20-46-35(30)52)49-36(56)25-6-3-2-4-7-25/h2-4,6-11,14-15,20-23,27-29,32-33,39-40,55,70H,5,12,16-19H2,1H3/p+2/t23-,27-,28-,29-,32+,33-,39-,40-,69?/m1/s1. The Bertz CT molecular complexity index is 3080. The maximum absolute atomic E-state index is 16.5. The third kappa shape index (κ3) is 10.0. The number of aromatic nitrogens is 9. The first-order valence-corrected chi connectivity index (χ1v) is 25.1. The molecule has 2 aliphatic rings. The van der Waals surface area contributed by atoms with Gasteiger partial charge in [-0.3, -0.25) is 28.4 Å². The van der Waals surface area contributed by atoms with Gasteiger partial charge in [0.15, 0.2) is 46.6 Å². The highest BCUT2D eigenvalue weighted by Crippen LogP contribution is 2.69. The summed E-state index contributed by atoms with van der Waals surface area (Å²) in [5, 5.41) is 33.8. The Kier molecular flexibility index (Phi) is 14.6. The molecule has 0 saturated carbocycles. The number of nitrogens with zero attached hydrogens (tertiary/aromatic N) is 11. The molecule has 2 unspecified atom stereocenters. The Balaban J connectivity index is 0.932. The molecule has 10 atom stereocenters. The predicted octanol–water partition coefficient (Wildman–Crippen LogP) is 5.44. The zero-order chi connectivity index (χ0) is 49.1. The fourth-order valence-corrected chi connectivity index (χ4v) is 10.8. The zero-order valence-corrected chi connectivity index (χ0v) is 39.2. The number of hydrogen-bond donors (Lipinski definition) is 4. The minimum absolute atomic E-state index is 0.0304. The summed E-state index contributed by atoms with van der Waals surface area (Å²) in [5.41, 5.74) is 2.09. The minimum atomic E-state index is -3.89. The number of aliphatic hydroxyl groups excluding tert-OH is 1. The van der Waals surface area contributed by atoms with Gasteiger partial charge in [0.05, 0.1) is 55.5 Å². The molecular weight excluding hydrogens is 982 g/mol. The molecule has 29 heteroatoms. The van der Waals surface area contributed by atoms with Gasteiger partial charge in [0.1, 0.15) is 44.1 Å². The van der Waals surface area contributed by atoms with Crippen molar-refractivity contribution in [3.63, 3.8) is 0 Å². The van der Waals surface area contributed by atoms with Crippen LogP contribution in [0, 0.1) is 27.4 Å². The zero-order valence-electron chi connectivity index (χ0n) is 36.5. The molecule has 2 fully saturated rings. The number of nitro groups is 1. The van der Waals surface area contributed by atoms with Crippen LogP contribution in [-0.4, -0.2) is 121 Å². The van der Waals surface area contributed by atoms with Gasteiger partial charge in [-0.1, -0.05) is 37.3 Å². The topological polar surface area (TPSA) is 310 Å². The molecule has 7 aromatic rings. The van der Waals surface area contributed by atoms with E-state index in [4.69, 9.17) is 44.6 Å². The minimum Gasteiger partial charge on any atom is -0.476 e. The number of imidazole rings is 3. The number of nitriles is 1. The third-order valence-corrected chi connectivity index (χ3v) is 14.3. The second-order valence-electron chi connectivity index (χ2n) is 15.7. The van der Waals surface area contributed by atoms with Crippen LogP contribution in [0.25, 0.3) is 28.1 Å². The van der Waals surface area contributed by atoms with Gasteiger partial charge in [-0.2, -0.15) is 23.8 Å². The van der Waals surface area contributed by atoms with E-state index in [2.05, 4.69) is 35.2 Å². The van der Waals surface area contributed by atoms with Gasteiger partial charge in [0, 0.05) is 47.0 Å². The molecule has 2 aliphatic heterocycles. The van der Waals surface area contributed by atoms with Crippen molar-refractivity contribution in [3.8, 4) is 11.9 Å². The van der Waals surface area contributed by atoms with Gasteiger partial charge in [-0.25, -0.2) is 29.3 Å². The average Bonchev–Trinajstić information content (AvgIpc) is 4.20. The molecule has 2 aromatic carbocycles. The fraction of sp³-hybridized carbons (Fsp3) is 0.366. The first-order chi connectivity index (χ1) is 33.9. The van der Waals surface area contributed by atoms with Crippen LogP contribution in [0.15, 0.2) is 86.0 Å². The van der Waals surface area contributed by atoms with Crippen LogP contribution in [-0.2, 0) is 38.6 Å². The van der Waals surface area contributed by atoms with Gasteiger partial charge in [0.25, 0.3) is 11.6 Å². The van der Waals surface area contributed by atoms with Crippen molar-refractivity contribution in [1.29, 1.82) is 5.26 Å². The van der Waals surface area contributed by atoms with Gasteiger partial charge in [-0.15, -0.1) is 9.42 Å². The number of non-ortho nitro benzene ring substituents is 1. The van der Waals surface area contributed by atoms with Gasteiger partial charge >= 0.3 is 15.4 Å². The Labute approximate surface area is 401 Å². The number of nitro benzene ring substituents is 1. The van der Waals surface area contributed by atoms with Crippen molar-refractivity contribution in [2.45, 2.75) is 62.8 Å². The number of fused-ring (bicyclic) bond motifs is 4. The largest absolute Gasteiger partial charge is 0.695 e. The van der Waals surface area contributed by atoms with E-state index in [1.54, 1.807) is 70.7 Å². The van der Waals surface area contributed by atoms with Crippen LogP contribution in [0.4, 0.5) is 15.9 Å². The molecule has 0 aliphatic carbocycles. The lowest BCUT2D eigenvalue weighted by Gasteiger charge is -2.25. The number of ether oxygens (including phenoxy) is 3. The summed E-state index contributed by atoms with van der Waals surface area (Å²) in [6.07, 6.45) is -2.29. The molecule has 25 nitrogen and oxygen atoms in total. The first kappa shape index (κ1) is 48.7. The number of amides is 1. The van der Waals surface area contributed by atoms with Crippen molar-refractivity contribution in [2.75, 3.05) is 31.7 Å². The number of aliphatic hydroxyl groups is 1. The van der Waals surface area contributed by atoms with Crippen LogP contribution in [0.5, 0.6) is 5.88 Å². The lowest BCUT2D eigenvalue weighted by atomic mass is 10.0. The van der Waals surface area contributed by atoms with Crippen LogP contribution >= 0.6 is 27.6 Å². The van der Waals surface area contributed by atoms with E-state index in [9.17, 15) is 34.7 Å². The molecule has 0 radical (unpaired) electrons. The maximum Gasteiger partial charge on any atom is 0.695 e. The van der Waals surface area contributed by atoms with Crippen molar-refractivity contribution in [1.82, 2.24) is 43.4 Å². The monoisotopic (exact) mass is 1020 g/mol. The van der Waals surface area contributed by atoms with Crippen molar-refractivity contribution >= 4 is 73.2 Å². The lowest BCUT2D eigenvalue weighted by molar-refractivity contribution is -0.384. The number of rotatable bonds is 20. The highest BCUT2D eigenvalue weighted by molar-refractivity contribution is 8.47. The van der Waals surface area contributed by atoms with E-state index < -0.39 is 88.4 Å². The van der Waals surface area contributed by atoms with Gasteiger partial charge in [0.2, 0.25) is 11.7 Å². The number of alkyl halides is 1. The van der Waals surface area contributed by atoms with Crippen molar-refractivity contribution in [2.24, 2.45) is 5.92 Å². The number of hydrogen-bond acceptors (Lipinski definition) is 20. The van der Waals surface area contributed by atoms with E-state index in [1.807, 2.05) is 6.07 Å². The number of halogens is 1. The molecule has 9 rings (SSSR count). The Morgan fingerprint density at radius 1 is 1.01 bits per heavy atom. The molecule has 0 bridgehead atoms. The molecule has 3 N–H and O–H groups in total. The van der Waals surface area contributed by atoms with Crippen LogP contribution in [0.3, 0.4) is 0 Å². The van der Waals surface area contributed by atoms with Crippen LogP contribution < -0.4 is 10.1 Å². The van der Waals surface area contributed by atoms with Crippen LogP contribution in [0.1, 0.15) is 41.7 Å². The Morgan fingerprint density at radius 2 is 1.77 bits per heavy atom. The summed E-state index contributed by atoms with van der Waals surface area (Å²) >= 11 is 4.71. The predicted molar refractivity (Wildman–Crippen MR) is 245 cm³/mol. The highest BCUT2D eigenvalue weighted by atomic mass is 32.7. The van der Waals surface area contributed by atoms with Gasteiger partial charge in [-0.05, 0) is 17.7 Å². The number of carbonyl (C=O) groups excluding carboxylic acids is 1. The summed E-state index contributed by atoms with van der Waals surface area (Å²) in [4.78, 5) is 59.6. The summed E-state index contributed by atoms with van der Waals surface area (Å²) in [7, 11) is -7.26. The molecule has 2 saturated heterocycles. The van der Waals surface area contributed by atoms with E-state index in [0.29, 0.717) is 23.1 Å². The summed E-state index contributed by atoms with van der Waals surface area (Å²) < 4.78 is 75.6. The van der Waals surface area contributed by atoms with E-state index in [-0.39, 0.29) is 54.0 Å². The summed E-state index contributed by atoms with van der Waals surface area (Å²) in [5.74, 6) is -0.619. The molecule has 5 aromatic heterocycles. The third-order valence-electron chi connectivity index (χ3n) is 11.4. The van der Waals surface area contributed by atoms with E-state index in [1.165, 1.54) is 29.4 Å². The molecular formula is C41H41FN12O13P2S+2. The Morgan fingerprint density at radius 3 is 2.51 bits per heavy atom. The normalized spacial score (nSPS) is 23.4. The van der Waals surface area contributed by atoms with Crippen molar-refractivity contribution in [3.05, 3.63) is 107 Å². The number of benzene rings is 2. The van der Waals surface area contributed by atoms with E-state index in [0.717, 1.165) is 11.9 Å². The number of thiol groups is 1. The smallest absolute Gasteiger partial charge is 0.476 e. The lowest BCUT2D eigenvalue weighted by Crippen LogP contribution is -2.34. The molecule has 364 valence electrons. The number of nitrogens with one attached hydrogen (secondary N) is 1. The average molecular weight is 1020 g/mol. The SMILES string of the molecule is C[C@@H]1[C@H](O[P+](S)(OCCC#N)OC[C@H]2O[C@@H](n3cnc4c(NC(=O)c5ccccc5)ncnc43)[C@H](F)[C@@H]2O[P+](=O)O)[C@@H](CO)O[C@H]1n1cnc2c(OCCc3ccc([N+](=O)[O-])cc3)nc3nccn3c21. The molecule has 1 amide bonds.